The Morgan fingerprint density at radius 1 is 0.933 bits per heavy atom. The van der Waals surface area contributed by atoms with Crippen LogP contribution >= 0.6 is 0 Å². The Balaban J connectivity index is 3.11. The minimum atomic E-state index is -2.77. The van der Waals surface area contributed by atoms with Crippen LogP contribution in [0, 0.1) is 0 Å². The highest BCUT2D eigenvalue weighted by molar-refractivity contribution is 5.07. The van der Waals surface area contributed by atoms with E-state index in [1.807, 2.05) is 0 Å². The van der Waals surface area contributed by atoms with E-state index in [-0.39, 0.29) is 0 Å². The highest BCUT2D eigenvalue weighted by atomic mass is 16.4. The van der Waals surface area contributed by atoms with E-state index in [9.17, 15) is 25.5 Å². The van der Waals surface area contributed by atoms with E-state index < -0.39 is 36.2 Å². The third kappa shape index (κ3) is 1.66. The summed E-state index contributed by atoms with van der Waals surface area (Å²) in [6.07, 6.45) is -9.90. The summed E-state index contributed by atoms with van der Waals surface area (Å²) in [5, 5.41) is 58.3. The summed E-state index contributed by atoms with van der Waals surface area (Å²) >= 11 is 0. The second-order valence-electron chi connectivity index (χ2n) is 3.33. The average Bonchev–Trinajstić information content (AvgIpc) is 2.22. The van der Waals surface area contributed by atoms with Gasteiger partial charge in [0.05, 0.1) is 0 Å². The number of azide groups is 1. The first kappa shape index (κ1) is 12.1. The lowest BCUT2D eigenvalue weighted by atomic mass is 9.80. The molecule has 86 valence electrons. The lowest BCUT2D eigenvalue weighted by Crippen LogP contribution is -2.69. The molecule has 1 aliphatic rings. The van der Waals surface area contributed by atoms with Crippen LogP contribution in [0.15, 0.2) is 5.11 Å². The quantitative estimate of drug-likeness (QED) is 0.155. The molecule has 1 aliphatic carbocycles. The normalized spacial score (nSPS) is 50.9. The summed E-state index contributed by atoms with van der Waals surface area (Å²) in [6, 6.07) is 0. The summed E-state index contributed by atoms with van der Waals surface area (Å²) in [5.41, 5.74) is 5.34. The zero-order valence-electron chi connectivity index (χ0n) is 7.41. The number of hydrogen-bond donors (Lipinski definition) is 6. The molecule has 9 nitrogen and oxygen atoms in total. The minimum Gasteiger partial charge on any atom is -0.387 e. The number of aliphatic hydroxyl groups is 6. The van der Waals surface area contributed by atoms with E-state index >= 15 is 0 Å². The van der Waals surface area contributed by atoms with Crippen LogP contribution in [0.2, 0.25) is 0 Å². The Labute approximate surface area is 83.5 Å². The summed E-state index contributed by atoms with van der Waals surface area (Å²) in [5.74, 6) is 0. The van der Waals surface area contributed by atoms with Gasteiger partial charge >= 0.3 is 0 Å². The maximum atomic E-state index is 9.52. The van der Waals surface area contributed by atoms with E-state index in [1.54, 1.807) is 0 Å². The van der Waals surface area contributed by atoms with Crippen LogP contribution in [-0.2, 0) is 0 Å². The van der Waals surface area contributed by atoms with Gasteiger partial charge in [0.15, 0.2) is 0 Å². The van der Waals surface area contributed by atoms with Gasteiger partial charge in [-0.3, -0.25) is 0 Å². The molecular formula is C6H11N3O6. The van der Waals surface area contributed by atoms with Gasteiger partial charge in [-0.25, -0.2) is 0 Å². The summed E-state index contributed by atoms with van der Waals surface area (Å²) in [4.78, 5) is 2.18. The molecule has 1 fully saturated rings. The van der Waals surface area contributed by atoms with Gasteiger partial charge < -0.3 is 30.6 Å². The van der Waals surface area contributed by atoms with Crippen molar-refractivity contribution in [1.29, 1.82) is 0 Å². The van der Waals surface area contributed by atoms with Crippen molar-refractivity contribution in [3.8, 4) is 0 Å². The van der Waals surface area contributed by atoms with Crippen molar-refractivity contribution in [3.63, 3.8) is 0 Å². The van der Waals surface area contributed by atoms with Gasteiger partial charge in [-0.1, -0.05) is 5.11 Å². The van der Waals surface area contributed by atoms with Crippen molar-refractivity contribution in [1.82, 2.24) is 0 Å². The van der Waals surface area contributed by atoms with E-state index in [0.717, 1.165) is 0 Å². The molecule has 0 spiro atoms. The first-order chi connectivity index (χ1) is 6.86. The Morgan fingerprint density at radius 3 is 1.67 bits per heavy atom. The van der Waals surface area contributed by atoms with Gasteiger partial charge in [-0.2, -0.15) is 0 Å². The summed E-state index contributed by atoms with van der Waals surface area (Å²) < 4.78 is 0. The lowest BCUT2D eigenvalue weighted by Gasteiger charge is -2.44. The molecule has 1 rings (SSSR count). The molecule has 0 aliphatic heterocycles. The molecule has 9 heteroatoms. The van der Waals surface area contributed by atoms with Crippen molar-refractivity contribution >= 4 is 0 Å². The fraction of sp³-hybridized carbons (Fsp3) is 1.00. The Hall–Kier alpha value is -0.930. The zero-order valence-corrected chi connectivity index (χ0v) is 7.41. The van der Waals surface area contributed by atoms with E-state index in [4.69, 9.17) is 10.6 Å². The van der Waals surface area contributed by atoms with Crippen LogP contribution in [0.3, 0.4) is 0 Å². The second-order valence-corrected chi connectivity index (χ2v) is 3.33. The SMILES string of the molecule is [N-]=[N+]=NC1(O)[C@H](O)[C@@H](O)C(O)[C@@H](O)[C@@H]1O. The number of nitrogens with zero attached hydrogens (tertiary/aromatic N) is 3. The van der Waals surface area contributed by atoms with E-state index in [1.165, 1.54) is 0 Å². The molecule has 0 radical (unpaired) electrons. The molecule has 1 saturated carbocycles. The zero-order chi connectivity index (χ0) is 11.8. The average molecular weight is 221 g/mol. The van der Waals surface area contributed by atoms with E-state index in [0.29, 0.717) is 0 Å². The van der Waals surface area contributed by atoms with Crippen molar-refractivity contribution in [2.24, 2.45) is 5.11 Å². The monoisotopic (exact) mass is 221 g/mol. The van der Waals surface area contributed by atoms with Crippen molar-refractivity contribution < 1.29 is 30.6 Å². The molecule has 6 atom stereocenters. The molecule has 0 saturated heterocycles. The maximum Gasteiger partial charge on any atom is 0.200 e. The van der Waals surface area contributed by atoms with Crippen molar-refractivity contribution in [3.05, 3.63) is 10.4 Å². The Kier molecular flexibility index (Phi) is 3.16. The Morgan fingerprint density at radius 2 is 1.33 bits per heavy atom. The molecule has 0 bridgehead atoms. The topological polar surface area (TPSA) is 170 Å². The third-order valence-corrected chi connectivity index (χ3v) is 2.42. The smallest absolute Gasteiger partial charge is 0.200 e. The molecular weight excluding hydrogens is 210 g/mol. The lowest BCUT2D eigenvalue weighted by molar-refractivity contribution is -0.265. The van der Waals surface area contributed by atoms with Crippen LogP contribution in [-0.4, -0.2) is 66.9 Å². The summed E-state index contributed by atoms with van der Waals surface area (Å²) in [7, 11) is 0. The van der Waals surface area contributed by atoms with Crippen LogP contribution in [0.1, 0.15) is 0 Å². The molecule has 6 N–H and O–H groups in total. The molecule has 15 heavy (non-hydrogen) atoms. The number of hydrogen-bond acceptors (Lipinski definition) is 7. The molecule has 0 aromatic rings. The van der Waals surface area contributed by atoms with Gasteiger partial charge in [-0.15, -0.1) is 0 Å². The molecule has 0 aromatic carbocycles. The van der Waals surface area contributed by atoms with Gasteiger partial charge in [0, 0.05) is 4.91 Å². The molecule has 2 unspecified atom stereocenters. The van der Waals surface area contributed by atoms with Crippen LogP contribution < -0.4 is 0 Å². The van der Waals surface area contributed by atoms with Gasteiger partial charge in [0.1, 0.15) is 30.5 Å². The number of aliphatic hydroxyl groups excluding tert-OH is 5. The van der Waals surface area contributed by atoms with Gasteiger partial charge in [0.25, 0.3) is 0 Å². The highest BCUT2D eigenvalue weighted by Gasteiger charge is 2.57. The highest BCUT2D eigenvalue weighted by Crippen LogP contribution is 2.31. The van der Waals surface area contributed by atoms with Crippen LogP contribution in [0.4, 0.5) is 0 Å². The van der Waals surface area contributed by atoms with Gasteiger partial charge in [0.2, 0.25) is 5.72 Å². The maximum absolute atomic E-state index is 9.52. The van der Waals surface area contributed by atoms with Gasteiger partial charge in [-0.05, 0) is 5.53 Å². The predicted molar refractivity (Wildman–Crippen MR) is 44.1 cm³/mol. The first-order valence-electron chi connectivity index (χ1n) is 4.05. The van der Waals surface area contributed by atoms with Crippen LogP contribution in [0.25, 0.3) is 10.4 Å². The van der Waals surface area contributed by atoms with E-state index in [2.05, 4.69) is 10.0 Å². The summed E-state index contributed by atoms with van der Waals surface area (Å²) in [6.45, 7) is 0. The second kappa shape index (κ2) is 3.91. The van der Waals surface area contributed by atoms with Crippen molar-refractivity contribution in [2.75, 3.05) is 0 Å². The minimum absolute atomic E-state index is 1.84. The van der Waals surface area contributed by atoms with Crippen molar-refractivity contribution in [2.45, 2.75) is 36.2 Å². The van der Waals surface area contributed by atoms with Crippen LogP contribution in [0.5, 0.6) is 0 Å². The molecule has 0 aromatic heterocycles. The predicted octanol–water partition coefficient (Wildman–Crippen LogP) is -3.20. The fourth-order valence-electron chi connectivity index (χ4n) is 1.44. The Bertz CT molecular complexity index is 277. The molecule has 0 amide bonds. The standard InChI is InChI=1S/C6H11N3O6/c7-9-8-6(15)4(13)2(11)1(10)3(12)5(6)14/h1-5,10-15H/t1?,2-,3+,4+,5-,6?. The number of rotatable bonds is 1. The third-order valence-electron chi connectivity index (χ3n) is 2.42. The first-order valence-corrected chi connectivity index (χ1v) is 4.05. The largest absolute Gasteiger partial charge is 0.387 e. The molecule has 0 heterocycles. The fourth-order valence-corrected chi connectivity index (χ4v) is 1.44.